The molecule has 4 aromatic heterocycles. The number of nitriles is 1. The van der Waals surface area contributed by atoms with E-state index in [-0.39, 0.29) is 0 Å². The average molecular weight is 829 g/mol. The van der Waals surface area contributed by atoms with Gasteiger partial charge in [-0.3, -0.25) is 13.7 Å². The van der Waals surface area contributed by atoms with Crippen molar-refractivity contribution in [2.24, 2.45) is 0 Å². The van der Waals surface area contributed by atoms with Gasteiger partial charge in [-0.25, -0.2) is 0 Å². The molecule has 6 heteroatoms. The largest absolute Gasteiger partial charge is 0.292 e. The van der Waals surface area contributed by atoms with Gasteiger partial charge in [-0.1, -0.05) is 164 Å². The molecule has 0 aliphatic rings. The highest BCUT2D eigenvalue weighted by atomic mass is 15.2. The highest BCUT2D eigenvalue weighted by molar-refractivity contribution is 6.13. The summed E-state index contributed by atoms with van der Waals surface area (Å²) in [4.78, 5) is 11.1. The van der Waals surface area contributed by atoms with Crippen LogP contribution in [0.15, 0.2) is 218 Å². The molecule has 302 valence electrons. The number of hydrogen-bond donors (Lipinski definition) is 0. The van der Waals surface area contributed by atoms with Crippen LogP contribution in [0.3, 0.4) is 0 Å². The van der Waals surface area contributed by atoms with E-state index in [0.717, 1.165) is 98.8 Å². The molecule has 0 fully saturated rings. The summed E-state index contributed by atoms with van der Waals surface area (Å²) in [6, 6.07) is 79.1. The van der Waals surface area contributed by atoms with Crippen molar-refractivity contribution in [3.63, 3.8) is 0 Å². The fraction of sp³-hybridized carbons (Fsp3) is 0. The molecule has 0 amide bonds. The topological polar surface area (TPSA) is 64.4 Å². The van der Waals surface area contributed by atoms with E-state index < -0.39 is 0 Å². The minimum atomic E-state index is 0.366. The van der Waals surface area contributed by atoms with Gasteiger partial charge in [0.2, 0.25) is 5.95 Å². The van der Waals surface area contributed by atoms with Crippen LogP contribution in [0.1, 0.15) is 5.56 Å². The van der Waals surface area contributed by atoms with E-state index in [1.54, 1.807) is 0 Å². The van der Waals surface area contributed by atoms with E-state index in [4.69, 9.17) is 9.97 Å². The minimum absolute atomic E-state index is 0.366. The highest BCUT2D eigenvalue weighted by Gasteiger charge is 2.27. The second-order valence-corrected chi connectivity index (χ2v) is 16.5. The molecule has 6 nitrogen and oxygen atoms in total. The molecule has 0 saturated heterocycles. The third-order valence-corrected chi connectivity index (χ3v) is 12.9. The molecular formula is C59H36N6. The Labute approximate surface area is 373 Å². The van der Waals surface area contributed by atoms with Crippen molar-refractivity contribution < 1.29 is 0 Å². The number of hydrogen-bond acceptors (Lipinski definition) is 3. The lowest BCUT2D eigenvalue weighted by Crippen LogP contribution is -2.13. The SMILES string of the molecule is N#Cc1c(-n2c3ccccc3c3cc(-c4ccccc4)ccc32)nc(-n2c3ccccc3c3cc(-c4ccccc4)ccc32)nc1-n1c2ccccc2c2cc(-c3ccccc3)ccc21. The van der Waals surface area contributed by atoms with E-state index in [1.165, 1.54) is 0 Å². The normalized spacial score (nSPS) is 11.7. The van der Waals surface area contributed by atoms with E-state index >= 15 is 0 Å². The summed E-state index contributed by atoms with van der Waals surface area (Å²) >= 11 is 0. The van der Waals surface area contributed by atoms with Crippen molar-refractivity contribution in [3.8, 4) is 57.0 Å². The molecule has 0 aliphatic heterocycles. The Morgan fingerprint density at radius 1 is 0.292 bits per heavy atom. The number of para-hydroxylation sites is 3. The monoisotopic (exact) mass is 828 g/mol. The molecule has 0 atom stereocenters. The molecule has 65 heavy (non-hydrogen) atoms. The summed E-state index contributed by atoms with van der Waals surface area (Å²) < 4.78 is 6.49. The van der Waals surface area contributed by atoms with Crippen LogP contribution < -0.4 is 0 Å². The minimum Gasteiger partial charge on any atom is -0.292 e. The first-order chi connectivity index (χ1) is 32.2. The quantitative estimate of drug-likeness (QED) is 0.168. The predicted molar refractivity (Wildman–Crippen MR) is 266 cm³/mol. The summed E-state index contributed by atoms with van der Waals surface area (Å²) in [6.07, 6.45) is 0. The summed E-state index contributed by atoms with van der Waals surface area (Å²) in [5, 5.41) is 18.1. The van der Waals surface area contributed by atoms with Crippen LogP contribution in [0.5, 0.6) is 0 Å². The zero-order valence-electron chi connectivity index (χ0n) is 35.0. The van der Waals surface area contributed by atoms with Crippen molar-refractivity contribution in [2.75, 3.05) is 0 Å². The summed E-state index contributed by atoms with van der Waals surface area (Å²) in [5.74, 6) is 1.47. The maximum absolute atomic E-state index is 11.6. The second-order valence-electron chi connectivity index (χ2n) is 16.5. The lowest BCUT2D eigenvalue weighted by Gasteiger charge is -2.17. The predicted octanol–water partition coefficient (Wildman–Crippen LogP) is 14.6. The first-order valence-corrected chi connectivity index (χ1v) is 21.8. The third kappa shape index (κ3) is 5.66. The van der Waals surface area contributed by atoms with Gasteiger partial charge < -0.3 is 0 Å². The van der Waals surface area contributed by atoms with Crippen LogP contribution in [0.4, 0.5) is 0 Å². The summed E-state index contributed by atoms with van der Waals surface area (Å²) in [7, 11) is 0. The molecule has 13 aromatic rings. The zero-order chi connectivity index (χ0) is 43.0. The first kappa shape index (κ1) is 36.6. The van der Waals surface area contributed by atoms with Crippen LogP contribution in [0, 0.1) is 11.3 Å². The van der Waals surface area contributed by atoms with Crippen molar-refractivity contribution in [3.05, 3.63) is 224 Å². The maximum Gasteiger partial charge on any atom is 0.238 e. The van der Waals surface area contributed by atoms with Crippen LogP contribution in [0.25, 0.3) is 116 Å². The number of fused-ring (bicyclic) bond motifs is 9. The van der Waals surface area contributed by atoms with Gasteiger partial charge in [-0.15, -0.1) is 0 Å². The molecule has 0 bridgehead atoms. The van der Waals surface area contributed by atoms with E-state index in [0.29, 0.717) is 23.1 Å². The first-order valence-electron chi connectivity index (χ1n) is 21.8. The number of nitrogens with zero attached hydrogens (tertiary/aromatic N) is 6. The molecule has 0 unspecified atom stereocenters. The second kappa shape index (κ2) is 14.5. The van der Waals surface area contributed by atoms with Gasteiger partial charge in [0.1, 0.15) is 11.6 Å². The standard InChI is InChI=1S/C59H36N6/c60-37-50-57(63-51-25-13-10-22-44(51)47-34-41(28-31-54(47)63)38-16-4-1-5-17-38)61-59(65-53-27-15-12-24-46(53)49-36-43(30-33-56(49)65)40-20-8-3-9-21-40)62-58(50)64-52-26-14-11-23-45(52)48-35-42(29-32-55(48)64)39-18-6-2-7-19-39/h1-36H. The van der Waals surface area contributed by atoms with Crippen LogP contribution in [0.2, 0.25) is 0 Å². The molecule has 0 radical (unpaired) electrons. The van der Waals surface area contributed by atoms with Crippen LogP contribution in [-0.4, -0.2) is 23.7 Å². The van der Waals surface area contributed by atoms with Crippen molar-refractivity contribution >= 4 is 65.4 Å². The van der Waals surface area contributed by atoms with Crippen molar-refractivity contribution in [2.45, 2.75) is 0 Å². The van der Waals surface area contributed by atoms with Crippen molar-refractivity contribution in [1.82, 2.24) is 23.7 Å². The Hall–Kier alpha value is -9.05. The lowest BCUT2D eigenvalue weighted by molar-refractivity contribution is 0.911. The molecular weight excluding hydrogens is 793 g/mol. The van der Waals surface area contributed by atoms with E-state index in [9.17, 15) is 5.26 Å². The number of rotatable bonds is 6. The lowest BCUT2D eigenvalue weighted by atomic mass is 10.0. The molecule has 0 N–H and O–H groups in total. The van der Waals surface area contributed by atoms with Crippen LogP contribution >= 0.6 is 0 Å². The summed E-state index contributed by atoms with van der Waals surface area (Å²) in [6.45, 7) is 0. The zero-order valence-corrected chi connectivity index (χ0v) is 35.0. The smallest absolute Gasteiger partial charge is 0.238 e. The molecule has 0 spiro atoms. The Morgan fingerprint density at radius 2 is 0.600 bits per heavy atom. The number of aromatic nitrogens is 5. The Morgan fingerprint density at radius 3 is 0.969 bits per heavy atom. The maximum atomic E-state index is 11.6. The van der Waals surface area contributed by atoms with Gasteiger partial charge in [-0.2, -0.15) is 15.2 Å². The molecule has 4 heterocycles. The van der Waals surface area contributed by atoms with Gasteiger partial charge >= 0.3 is 0 Å². The Kier molecular flexibility index (Phi) is 8.17. The van der Waals surface area contributed by atoms with E-state index in [1.807, 2.05) is 18.2 Å². The Bertz CT molecular complexity index is 3880. The highest BCUT2D eigenvalue weighted by Crippen LogP contribution is 2.41. The third-order valence-electron chi connectivity index (χ3n) is 12.9. The van der Waals surface area contributed by atoms with Gasteiger partial charge in [-0.05, 0) is 88.0 Å². The molecule has 0 aliphatic carbocycles. The molecule has 9 aromatic carbocycles. The fourth-order valence-electron chi connectivity index (χ4n) is 9.97. The fourth-order valence-corrected chi connectivity index (χ4v) is 9.97. The van der Waals surface area contributed by atoms with Gasteiger partial charge in [0.25, 0.3) is 0 Å². The Balaban J connectivity index is 1.15. The van der Waals surface area contributed by atoms with Gasteiger partial charge in [0.15, 0.2) is 11.6 Å². The van der Waals surface area contributed by atoms with Crippen LogP contribution in [-0.2, 0) is 0 Å². The average Bonchev–Trinajstić information content (AvgIpc) is 4.01. The molecule has 0 saturated carbocycles. The number of benzene rings is 9. The molecule has 13 rings (SSSR count). The van der Waals surface area contributed by atoms with E-state index in [2.05, 4.69) is 220 Å². The van der Waals surface area contributed by atoms with Gasteiger partial charge in [0, 0.05) is 32.3 Å². The van der Waals surface area contributed by atoms with Crippen molar-refractivity contribution in [1.29, 1.82) is 5.26 Å². The summed E-state index contributed by atoms with van der Waals surface area (Å²) in [5.41, 5.74) is 12.9. The van der Waals surface area contributed by atoms with Gasteiger partial charge in [0.05, 0.1) is 33.1 Å².